The molecule has 0 spiro atoms. The Labute approximate surface area is 137 Å². The average molecular weight is 334 g/mol. The lowest BCUT2D eigenvalue weighted by Gasteiger charge is -2.34. The van der Waals surface area contributed by atoms with Crippen LogP contribution in [-0.2, 0) is 10.8 Å². The molecular weight excluding hydrogens is 302 g/mol. The molecule has 0 saturated carbocycles. The van der Waals surface area contributed by atoms with E-state index in [9.17, 15) is 4.21 Å². The summed E-state index contributed by atoms with van der Waals surface area (Å²) in [6.07, 6.45) is 1.20. The van der Waals surface area contributed by atoms with Gasteiger partial charge in [0.25, 0.3) is 0 Å². The van der Waals surface area contributed by atoms with Gasteiger partial charge in [0.15, 0.2) is 5.96 Å². The Balaban J connectivity index is 2.59. The summed E-state index contributed by atoms with van der Waals surface area (Å²) in [4.78, 5) is 7.04. The molecule has 1 N–H and O–H groups in total. The molecule has 4 nitrogen and oxygen atoms in total. The van der Waals surface area contributed by atoms with Crippen LogP contribution in [0.3, 0.4) is 0 Å². The summed E-state index contributed by atoms with van der Waals surface area (Å²) in [6.45, 7) is 14.0. The monoisotopic (exact) mass is 333 g/mol. The molecule has 0 aromatic rings. The third kappa shape index (κ3) is 6.59. The minimum atomic E-state index is -0.829. The van der Waals surface area contributed by atoms with E-state index in [4.69, 9.17) is 0 Å². The SMILES string of the molecule is CCNC(=NCCS(=O)C(C)(C)C)N1CCSC(CC)C1. The van der Waals surface area contributed by atoms with Crippen LogP contribution < -0.4 is 5.32 Å². The molecule has 1 saturated heterocycles. The van der Waals surface area contributed by atoms with Gasteiger partial charge in [-0.25, -0.2) is 0 Å². The topological polar surface area (TPSA) is 44.7 Å². The molecule has 0 radical (unpaired) electrons. The molecule has 0 aliphatic carbocycles. The molecule has 0 aromatic heterocycles. The van der Waals surface area contributed by atoms with Crippen LogP contribution in [0.5, 0.6) is 0 Å². The van der Waals surface area contributed by atoms with Crippen LogP contribution in [0, 0.1) is 0 Å². The third-order valence-corrected chi connectivity index (χ3v) is 6.74. The van der Waals surface area contributed by atoms with E-state index in [1.807, 2.05) is 20.8 Å². The van der Waals surface area contributed by atoms with Crippen molar-refractivity contribution < 1.29 is 4.21 Å². The van der Waals surface area contributed by atoms with E-state index < -0.39 is 10.8 Å². The number of rotatable bonds is 5. The maximum Gasteiger partial charge on any atom is 0.194 e. The number of aliphatic imine (C=N–C) groups is 1. The lowest BCUT2D eigenvalue weighted by Crippen LogP contribution is -2.48. The maximum atomic E-state index is 12.1. The number of thioether (sulfide) groups is 1. The van der Waals surface area contributed by atoms with Crippen molar-refractivity contribution in [1.29, 1.82) is 0 Å². The van der Waals surface area contributed by atoms with Gasteiger partial charge in [-0.3, -0.25) is 9.20 Å². The van der Waals surface area contributed by atoms with Gasteiger partial charge in [0, 0.05) is 51.9 Å². The van der Waals surface area contributed by atoms with Crippen LogP contribution in [0.25, 0.3) is 0 Å². The molecular formula is C15H31N3OS2. The Morgan fingerprint density at radius 1 is 1.43 bits per heavy atom. The van der Waals surface area contributed by atoms with E-state index in [0.29, 0.717) is 17.5 Å². The number of hydrogen-bond donors (Lipinski definition) is 1. The number of nitrogens with one attached hydrogen (secondary N) is 1. The van der Waals surface area contributed by atoms with E-state index in [2.05, 4.69) is 40.8 Å². The number of hydrogen-bond acceptors (Lipinski definition) is 3. The van der Waals surface area contributed by atoms with E-state index in [0.717, 1.165) is 31.3 Å². The molecule has 124 valence electrons. The first-order valence-electron chi connectivity index (χ1n) is 7.91. The van der Waals surface area contributed by atoms with Gasteiger partial charge < -0.3 is 10.2 Å². The van der Waals surface area contributed by atoms with Crippen LogP contribution in [0.4, 0.5) is 0 Å². The summed E-state index contributed by atoms with van der Waals surface area (Å²) >= 11 is 2.06. The van der Waals surface area contributed by atoms with Gasteiger partial charge in [-0.1, -0.05) is 6.92 Å². The van der Waals surface area contributed by atoms with E-state index >= 15 is 0 Å². The minimum absolute atomic E-state index is 0.150. The third-order valence-electron chi connectivity index (χ3n) is 3.45. The molecule has 0 aromatic carbocycles. The molecule has 1 aliphatic heterocycles. The molecule has 1 aliphatic rings. The lowest BCUT2D eigenvalue weighted by molar-refractivity contribution is 0.408. The lowest BCUT2D eigenvalue weighted by atomic mass is 10.3. The Kier molecular flexibility index (Phi) is 8.09. The average Bonchev–Trinajstić information content (AvgIpc) is 2.45. The van der Waals surface area contributed by atoms with Crippen molar-refractivity contribution >= 4 is 28.5 Å². The minimum Gasteiger partial charge on any atom is -0.357 e. The molecule has 0 amide bonds. The molecule has 2 unspecified atom stereocenters. The Morgan fingerprint density at radius 3 is 2.71 bits per heavy atom. The Morgan fingerprint density at radius 2 is 2.14 bits per heavy atom. The van der Waals surface area contributed by atoms with Gasteiger partial charge in [-0.05, 0) is 34.1 Å². The molecule has 1 rings (SSSR count). The number of nitrogens with zero attached hydrogens (tertiary/aromatic N) is 2. The highest BCUT2D eigenvalue weighted by molar-refractivity contribution is 8.00. The fourth-order valence-electron chi connectivity index (χ4n) is 2.13. The highest BCUT2D eigenvalue weighted by Gasteiger charge is 2.22. The van der Waals surface area contributed by atoms with Crippen molar-refractivity contribution in [3.63, 3.8) is 0 Å². The second-order valence-corrected chi connectivity index (χ2v) is 9.98. The van der Waals surface area contributed by atoms with Crippen molar-refractivity contribution in [3.05, 3.63) is 0 Å². The molecule has 6 heteroatoms. The van der Waals surface area contributed by atoms with Crippen molar-refractivity contribution in [2.75, 3.05) is 37.7 Å². The predicted molar refractivity (Wildman–Crippen MR) is 96.9 cm³/mol. The van der Waals surface area contributed by atoms with E-state index in [-0.39, 0.29) is 4.75 Å². The van der Waals surface area contributed by atoms with Crippen molar-refractivity contribution in [2.24, 2.45) is 4.99 Å². The normalized spacial score (nSPS) is 22.2. The van der Waals surface area contributed by atoms with Gasteiger partial charge in [-0.15, -0.1) is 0 Å². The summed E-state index contributed by atoms with van der Waals surface area (Å²) in [5.74, 6) is 2.79. The molecule has 2 atom stereocenters. The van der Waals surface area contributed by atoms with Gasteiger partial charge in [-0.2, -0.15) is 11.8 Å². The van der Waals surface area contributed by atoms with Crippen LogP contribution in [0.1, 0.15) is 41.0 Å². The summed E-state index contributed by atoms with van der Waals surface area (Å²) in [7, 11) is -0.829. The first kappa shape index (κ1) is 18.8. The van der Waals surface area contributed by atoms with Crippen molar-refractivity contribution in [3.8, 4) is 0 Å². The van der Waals surface area contributed by atoms with Gasteiger partial charge >= 0.3 is 0 Å². The Bertz CT molecular complexity index is 366. The fourth-order valence-corrected chi connectivity index (χ4v) is 4.17. The smallest absolute Gasteiger partial charge is 0.194 e. The molecule has 1 heterocycles. The second-order valence-electron chi connectivity index (χ2n) is 6.24. The van der Waals surface area contributed by atoms with E-state index in [1.165, 1.54) is 6.42 Å². The Hall–Kier alpha value is -0.230. The summed E-state index contributed by atoms with van der Waals surface area (Å²) in [5, 5.41) is 4.08. The summed E-state index contributed by atoms with van der Waals surface area (Å²) < 4.78 is 11.9. The largest absolute Gasteiger partial charge is 0.357 e. The zero-order chi connectivity index (χ0) is 15.9. The van der Waals surface area contributed by atoms with Crippen LogP contribution >= 0.6 is 11.8 Å². The fraction of sp³-hybridized carbons (Fsp3) is 0.933. The first-order chi connectivity index (χ1) is 9.88. The van der Waals surface area contributed by atoms with Crippen molar-refractivity contribution in [1.82, 2.24) is 10.2 Å². The molecule has 1 fully saturated rings. The van der Waals surface area contributed by atoms with Crippen LogP contribution in [0.2, 0.25) is 0 Å². The van der Waals surface area contributed by atoms with Crippen molar-refractivity contribution in [2.45, 2.75) is 51.0 Å². The van der Waals surface area contributed by atoms with Gasteiger partial charge in [0.1, 0.15) is 0 Å². The standard InChI is InChI=1S/C15H31N3OS2/c1-6-13-12-18(9-10-20-13)14(16-7-2)17-8-11-21(19)15(3,4)5/h13H,6-12H2,1-5H3,(H,16,17). The quantitative estimate of drug-likeness (QED) is 0.619. The van der Waals surface area contributed by atoms with E-state index in [1.54, 1.807) is 0 Å². The molecule has 0 bridgehead atoms. The van der Waals surface area contributed by atoms with Crippen LogP contribution in [0.15, 0.2) is 4.99 Å². The second kappa shape index (κ2) is 9.03. The summed E-state index contributed by atoms with van der Waals surface area (Å²) in [5.41, 5.74) is 0. The predicted octanol–water partition coefficient (Wildman–Crippen LogP) is 2.33. The first-order valence-corrected chi connectivity index (χ1v) is 10.3. The zero-order valence-corrected chi connectivity index (χ0v) is 15.8. The van der Waals surface area contributed by atoms with Gasteiger partial charge in [0.05, 0.1) is 6.54 Å². The summed E-state index contributed by atoms with van der Waals surface area (Å²) in [6, 6.07) is 0. The zero-order valence-electron chi connectivity index (χ0n) is 14.1. The number of guanidine groups is 1. The molecule has 21 heavy (non-hydrogen) atoms. The highest BCUT2D eigenvalue weighted by atomic mass is 32.2. The highest BCUT2D eigenvalue weighted by Crippen LogP contribution is 2.21. The van der Waals surface area contributed by atoms with Gasteiger partial charge in [0.2, 0.25) is 0 Å². The van der Waals surface area contributed by atoms with Crippen LogP contribution in [-0.4, -0.2) is 62.8 Å². The maximum absolute atomic E-state index is 12.1.